The van der Waals surface area contributed by atoms with Crippen molar-refractivity contribution in [2.24, 2.45) is 0 Å². The van der Waals surface area contributed by atoms with Gasteiger partial charge < -0.3 is 5.32 Å². The molecule has 0 saturated heterocycles. The summed E-state index contributed by atoms with van der Waals surface area (Å²) in [6.45, 7) is 11.5. The van der Waals surface area contributed by atoms with Gasteiger partial charge in [-0.05, 0) is 30.5 Å². The molecule has 0 heterocycles. The summed E-state index contributed by atoms with van der Waals surface area (Å²) in [7, 11) is 0. The maximum absolute atomic E-state index is 3.27. The molecule has 1 aromatic rings. The summed E-state index contributed by atoms with van der Waals surface area (Å²) in [4.78, 5) is 0. The Bertz CT molecular complexity index is 223. The van der Waals surface area contributed by atoms with Crippen molar-refractivity contribution < 1.29 is 0 Å². The monoisotopic (exact) mass is 193 g/mol. The van der Waals surface area contributed by atoms with Crippen LogP contribution in [0.2, 0.25) is 0 Å². The van der Waals surface area contributed by atoms with Crippen molar-refractivity contribution in [1.29, 1.82) is 0 Å². The zero-order valence-electron chi connectivity index (χ0n) is 10.1. The van der Waals surface area contributed by atoms with E-state index in [9.17, 15) is 0 Å². The first-order valence-corrected chi connectivity index (χ1v) is 5.58. The lowest BCUT2D eigenvalue weighted by Gasteiger charge is -2.07. The van der Waals surface area contributed by atoms with Crippen molar-refractivity contribution >= 4 is 5.69 Å². The quantitative estimate of drug-likeness (QED) is 0.756. The SMILES string of the molecule is CC.CCNc1ccc(C(C)C)cc1. The zero-order chi connectivity index (χ0) is 11.0. The van der Waals surface area contributed by atoms with Crippen LogP contribution in [-0.4, -0.2) is 6.54 Å². The van der Waals surface area contributed by atoms with Gasteiger partial charge in [-0.15, -0.1) is 0 Å². The minimum Gasteiger partial charge on any atom is -0.385 e. The third kappa shape index (κ3) is 4.31. The lowest BCUT2D eigenvalue weighted by Crippen LogP contribution is -1.96. The van der Waals surface area contributed by atoms with Crippen LogP contribution < -0.4 is 5.32 Å². The molecule has 0 saturated carbocycles. The number of anilines is 1. The van der Waals surface area contributed by atoms with Crippen molar-refractivity contribution in [2.75, 3.05) is 11.9 Å². The third-order valence-electron chi connectivity index (χ3n) is 1.96. The largest absolute Gasteiger partial charge is 0.385 e. The summed E-state index contributed by atoms with van der Waals surface area (Å²) >= 11 is 0. The highest BCUT2D eigenvalue weighted by Gasteiger charge is 1.97. The molecule has 0 amide bonds. The summed E-state index contributed by atoms with van der Waals surface area (Å²) in [5.74, 6) is 0.626. The molecule has 0 aromatic heterocycles. The van der Waals surface area contributed by atoms with Crippen LogP contribution in [0.15, 0.2) is 24.3 Å². The molecule has 80 valence electrons. The number of rotatable bonds is 3. The van der Waals surface area contributed by atoms with Gasteiger partial charge in [-0.25, -0.2) is 0 Å². The van der Waals surface area contributed by atoms with Gasteiger partial charge in [0.05, 0.1) is 0 Å². The molecule has 1 nitrogen and oxygen atoms in total. The average molecular weight is 193 g/mol. The van der Waals surface area contributed by atoms with E-state index in [1.165, 1.54) is 11.3 Å². The lowest BCUT2D eigenvalue weighted by atomic mass is 10.0. The van der Waals surface area contributed by atoms with Gasteiger partial charge in [0.25, 0.3) is 0 Å². The second-order valence-corrected chi connectivity index (χ2v) is 3.31. The summed E-state index contributed by atoms with van der Waals surface area (Å²) in [5, 5.41) is 3.27. The minimum absolute atomic E-state index is 0.626. The van der Waals surface area contributed by atoms with Gasteiger partial charge in [0.1, 0.15) is 0 Å². The van der Waals surface area contributed by atoms with Gasteiger partial charge in [-0.1, -0.05) is 39.8 Å². The van der Waals surface area contributed by atoms with Crippen LogP contribution in [0.25, 0.3) is 0 Å². The number of hydrogen-bond donors (Lipinski definition) is 1. The fraction of sp³-hybridized carbons (Fsp3) is 0.538. The molecular formula is C13H23N. The Balaban J connectivity index is 0.000000791. The Morgan fingerprint density at radius 1 is 1.07 bits per heavy atom. The standard InChI is InChI=1S/C11H17N.C2H6/c1-4-12-11-7-5-10(6-8-11)9(2)3;1-2/h5-9,12H,4H2,1-3H3;1-2H3. The molecule has 14 heavy (non-hydrogen) atoms. The van der Waals surface area contributed by atoms with Crippen molar-refractivity contribution in [2.45, 2.75) is 40.5 Å². The predicted molar refractivity (Wildman–Crippen MR) is 66.0 cm³/mol. The zero-order valence-corrected chi connectivity index (χ0v) is 10.1. The molecule has 1 aromatic carbocycles. The van der Waals surface area contributed by atoms with E-state index in [1.807, 2.05) is 13.8 Å². The Labute approximate surface area is 88.5 Å². The molecule has 1 rings (SSSR count). The highest BCUT2D eigenvalue weighted by atomic mass is 14.8. The smallest absolute Gasteiger partial charge is 0.0340 e. The van der Waals surface area contributed by atoms with Gasteiger partial charge in [-0.3, -0.25) is 0 Å². The van der Waals surface area contributed by atoms with Crippen LogP contribution in [-0.2, 0) is 0 Å². The molecule has 0 fully saturated rings. The van der Waals surface area contributed by atoms with Crippen LogP contribution in [0.3, 0.4) is 0 Å². The molecular weight excluding hydrogens is 170 g/mol. The first-order chi connectivity index (χ1) is 6.74. The summed E-state index contributed by atoms with van der Waals surface area (Å²) < 4.78 is 0. The van der Waals surface area contributed by atoms with E-state index in [1.54, 1.807) is 0 Å². The average Bonchev–Trinajstić information content (AvgIpc) is 2.22. The Morgan fingerprint density at radius 2 is 1.57 bits per heavy atom. The summed E-state index contributed by atoms with van der Waals surface area (Å²) in [6.07, 6.45) is 0. The summed E-state index contributed by atoms with van der Waals surface area (Å²) in [6, 6.07) is 8.64. The molecule has 1 heteroatoms. The van der Waals surface area contributed by atoms with Gasteiger partial charge in [0, 0.05) is 12.2 Å². The Hall–Kier alpha value is -0.980. The molecule has 1 N–H and O–H groups in total. The van der Waals surface area contributed by atoms with E-state index in [0.717, 1.165) is 6.54 Å². The number of benzene rings is 1. The molecule has 0 aliphatic rings. The molecule has 0 atom stereocenters. The number of hydrogen-bond acceptors (Lipinski definition) is 1. The first kappa shape index (κ1) is 13.0. The van der Waals surface area contributed by atoms with E-state index in [-0.39, 0.29) is 0 Å². The minimum atomic E-state index is 0.626. The fourth-order valence-electron chi connectivity index (χ4n) is 1.19. The second-order valence-electron chi connectivity index (χ2n) is 3.31. The molecule has 0 bridgehead atoms. The van der Waals surface area contributed by atoms with Crippen LogP contribution in [0.5, 0.6) is 0 Å². The van der Waals surface area contributed by atoms with E-state index in [0.29, 0.717) is 5.92 Å². The maximum atomic E-state index is 3.27. The number of nitrogens with one attached hydrogen (secondary N) is 1. The predicted octanol–water partition coefficient (Wildman–Crippen LogP) is 4.27. The summed E-state index contributed by atoms with van der Waals surface area (Å²) in [5.41, 5.74) is 2.61. The first-order valence-electron chi connectivity index (χ1n) is 5.58. The molecule has 0 unspecified atom stereocenters. The lowest BCUT2D eigenvalue weighted by molar-refractivity contribution is 0.867. The highest BCUT2D eigenvalue weighted by Crippen LogP contribution is 2.16. The van der Waals surface area contributed by atoms with Gasteiger partial charge >= 0.3 is 0 Å². The maximum Gasteiger partial charge on any atom is 0.0340 e. The van der Waals surface area contributed by atoms with Crippen molar-refractivity contribution in [3.63, 3.8) is 0 Å². The normalized spacial score (nSPS) is 9.29. The van der Waals surface area contributed by atoms with Crippen molar-refractivity contribution in [3.8, 4) is 0 Å². The van der Waals surface area contributed by atoms with Gasteiger partial charge in [0.15, 0.2) is 0 Å². The molecule has 0 radical (unpaired) electrons. The molecule has 0 spiro atoms. The van der Waals surface area contributed by atoms with Crippen molar-refractivity contribution in [3.05, 3.63) is 29.8 Å². The fourth-order valence-corrected chi connectivity index (χ4v) is 1.19. The van der Waals surface area contributed by atoms with Gasteiger partial charge in [0.2, 0.25) is 0 Å². The molecule has 0 aliphatic heterocycles. The van der Waals surface area contributed by atoms with E-state index >= 15 is 0 Å². The topological polar surface area (TPSA) is 12.0 Å². The van der Waals surface area contributed by atoms with Crippen LogP contribution in [0, 0.1) is 0 Å². The third-order valence-corrected chi connectivity index (χ3v) is 1.96. The van der Waals surface area contributed by atoms with Crippen LogP contribution in [0.1, 0.15) is 46.1 Å². The van der Waals surface area contributed by atoms with Crippen molar-refractivity contribution in [1.82, 2.24) is 0 Å². The Kier molecular flexibility index (Phi) is 6.91. The Morgan fingerprint density at radius 3 is 1.93 bits per heavy atom. The highest BCUT2D eigenvalue weighted by molar-refractivity contribution is 5.44. The van der Waals surface area contributed by atoms with Gasteiger partial charge in [-0.2, -0.15) is 0 Å². The molecule has 0 aliphatic carbocycles. The van der Waals surface area contributed by atoms with Crippen LogP contribution in [0.4, 0.5) is 5.69 Å². The van der Waals surface area contributed by atoms with E-state index in [4.69, 9.17) is 0 Å². The second kappa shape index (κ2) is 7.43. The van der Waals surface area contributed by atoms with Crippen LogP contribution >= 0.6 is 0 Å². The van der Waals surface area contributed by atoms with E-state index < -0.39 is 0 Å². The van der Waals surface area contributed by atoms with E-state index in [2.05, 4.69) is 50.4 Å².